The maximum Gasteiger partial charge on any atom is 0.307 e. The number of hydrogen-bond donors (Lipinski definition) is 3. The average molecular weight is 650 g/mol. The van der Waals surface area contributed by atoms with Crippen molar-refractivity contribution in [3.8, 4) is 22.6 Å². The van der Waals surface area contributed by atoms with Crippen LogP contribution in [0.5, 0.6) is 0 Å². The molecule has 0 bridgehead atoms. The molecule has 0 amide bonds. The molecule has 4 aromatic rings. The second kappa shape index (κ2) is 12.6. The van der Waals surface area contributed by atoms with E-state index >= 15 is 0 Å². The van der Waals surface area contributed by atoms with Crippen LogP contribution in [-0.4, -0.2) is 70.4 Å². The lowest BCUT2D eigenvalue weighted by atomic mass is 9.88. The van der Waals surface area contributed by atoms with E-state index in [4.69, 9.17) is 32.6 Å². The Kier molecular flexibility index (Phi) is 8.52. The van der Waals surface area contributed by atoms with Crippen LogP contribution in [-0.2, 0) is 11.3 Å². The topological polar surface area (TPSA) is 102 Å². The van der Waals surface area contributed by atoms with E-state index in [-0.39, 0.29) is 12.0 Å². The molecule has 10 heteroatoms. The minimum atomic E-state index is -0.739. The molecule has 236 valence electrons. The fraction of sp³-hybridized carbons (Fsp3) is 0.429. The number of aliphatic hydroxyl groups excluding tert-OH is 1. The lowest BCUT2D eigenvalue weighted by molar-refractivity contribution is -0.141. The first-order valence-electron chi connectivity index (χ1n) is 15.9. The van der Waals surface area contributed by atoms with Gasteiger partial charge in [0.05, 0.1) is 27.8 Å². The summed E-state index contributed by atoms with van der Waals surface area (Å²) in [4.78, 5) is 20.8. The van der Waals surface area contributed by atoms with E-state index in [1.54, 1.807) is 0 Å². The van der Waals surface area contributed by atoms with Gasteiger partial charge in [0.15, 0.2) is 5.58 Å². The summed E-state index contributed by atoms with van der Waals surface area (Å²) in [5.74, 6) is -0.566. The first-order valence-corrected chi connectivity index (χ1v) is 16.6. The summed E-state index contributed by atoms with van der Waals surface area (Å²) < 4.78 is 6.24. The van der Waals surface area contributed by atoms with E-state index in [9.17, 15) is 15.0 Å². The van der Waals surface area contributed by atoms with Gasteiger partial charge in [0.2, 0.25) is 5.89 Å². The van der Waals surface area contributed by atoms with Gasteiger partial charge in [-0.2, -0.15) is 0 Å². The van der Waals surface area contributed by atoms with Crippen LogP contribution in [0.1, 0.15) is 43.2 Å². The average Bonchev–Trinajstić information content (AvgIpc) is 3.65. The van der Waals surface area contributed by atoms with Crippen LogP contribution in [0.3, 0.4) is 0 Å². The van der Waals surface area contributed by atoms with Crippen LogP contribution in [0.25, 0.3) is 33.7 Å². The SMILES string of the molecule is Cc1c(-c2nc3cc(CN4CC[C@@H](C(=O)O)C4)cc(Cl)c3o2)cccc1-c1cccc(N2CCC(NC3CC(O)C3)CC2)c1Cl. The lowest BCUT2D eigenvalue weighted by Crippen LogP contribution is -2.52. The molecule has 3 heterocycles. The number of halogens is 2. The van der Waals surface area contributed by atoms with Crippen molar-refractivity contribution in [1.82, 2.24) is 15.2 Å². The molecule has 3 aromatic carbocycles. The number of hydrogen-bond acceptors (Lipinski definition) is 7. The number of aliphatic carboxylic acids is 1. The Balaban J connectivity index is 1.11. The van der Waals surface area contributed by atoms with Crippen molar-refractivity contribution in [2.45, 2.75) is 63.8 Å². The van der Waals surface area contributed by atoms with Gasteiger partial charge in [-0.1, -0.05) is 47.5 Å². The highest BCUT2D eigenvalue weighted by Gasteiger charge is 2.31. The van der Waals surface area contributed by atoms with Crippen molar-refractivity contribution in [3.63, 3.8) is 0 Å². The van der Waals surface area contributed by atoms with Crippen LogP contribution in [0.15, 0.2) is 52.9 Å². The molecular formula is C35H38Cl2N4O4. The minimum Gasteiger partial charge on any atom is -0.481 e. The molecular weight excluding hydrogens is 611 g/mol. The first kappa shape index (κ1) is 30.5. The van der Waals surface area contributed by atoms with Crippen molar-refractivity contribution >= 4 is 46.0 Å². The molecule has 1 atom stereocenters. The molecule has 1 aromatic heterocycles. The number of carboxylic acid groups (broad SMARTS) is 1. The van der Waals surface area contributed by atoms with Gasteiger partial charge in [0, 0.05) is 49.4 Å². The van der Waals surface area contributed by atoms with Gasteiger partial charge in [-0.3, -0.25) is 9.69 Å². The fourth-order valence-corrected chi connectivity index (χ4v) is 7.79. The number of rotatable bonds is 8. The van der Waals surface area contributed by atoms with Crippen molar-refractivity contribution < 1.29 is 19.4 Å². The van der Waals surface area contributed by atoms with E-state index in [0.717, 1.165) is 83.8 Å². The van der Waals surface area contributed by atoms with Crippen molar-refractivity contribution in [3.05, 3.63) is 69.7 Å². The molecule has 2 aliphatic heterocycles. The van der Waals surface area contributed by atoms with Crippen LogP contribution in [0, 0.1) is 12.8 Å². The number of anilines is 1. The maximum atomic E-state index is 11.4. The second-order valence-electron chi connectivity index (χ2n) is 12.9. The van der Waals surface area contributed by atoms with Crippen molar-refractivity contribution in [2.75, 3.05) is 31.1 Å². The Morgan fingerprint density at radius 2 is 1.73 bits per heavy atom. The summed E-state index contributed by atoms with van der Waals surface area (Å²) in [7, 11) is 0. The number of nitrogens with one attached hydrogen (secondary N) is 1. The van der Waals surface area contributed by atoms with Gasteiger partial charge in [0.25, 0.3) is 0 Å². The summed E-state index contributed by atoms with van der Waals surface area (Å²) in [6, 6.07) is 17.1. The summed E-state index contributed by atoms with van der Waals surface area (Å²) >= 11 is 13.8. The standard InChI is InChI=1S/C35H38Cl2N4O4/c1-20-26(28-6-3-7-31(32(28)37)41-12-9-23(10-13-41)38-24-16-25(42)17-24)4-2-5-27(20)34-39-30-15-21(14-29(36)33(30)45-34)18-40-11-8-22(19-40)35(43)44/h2-7,14-15,22-25,38,42H,8-13,16-19H2,1H3,(H,43,44)/t22-,24?,25?/m1/s1. The van der Waals surface area contributed by atoms with Gasteiger partial charge in [-0.15, -0.1) is 0 Å². The normalized spacial score (nSPS) is 22.7. The Hall–Kier alpha value is -3.14. The molecule has 2 saturated heterocycles. The first-order chi connectivity index (χ1) is 21.7. The molecule has 3 N–H and O–H groups in total. The van der Waals surface area contributed by atoms with E-state index in [1.807, 2.05) is 24.3 Å². The van der Waals surface area contributed by atoms with Crippen LogP contribution < -0.4 is 10.2 Å². The van der Waals surface area contributed by atoms with E-state index < -0.39 is 5.97 Å². The molecule has 3 fully saturated rings. The number of nitrogens with zero attached hydrogens (tertiary/aromatic N) is 3. The summed E-state index contributed by atoms with van der Waals surface area (Å²) in [6.07, 6.45) is 4.33. The van der Waals surface area contributed by atoms with Crippen LogP contribution in [0.2, 0.25) is 10.0 Å². The quantitative estimate of drug-likeness (QED) is 0.193. The Morgan fingerprint density at radius 3 is 2.47 bits per heavy atom. The Morgan fingerprint density at radius 1 is 1.00 bits per heavy atom. The third-order valence-corrected chi connectivity index (χ3v) is 10.5. The van der Waals surface area contributed by atoms with Gasteiger partial charge in [-0.05, 0) is 86.5 Å². The van der Waals surface area contributed by atoms with Gasteiger partial charge >= 0.3 is 5.97 Å². The molecule has 45 heavy (non-hydrogen) atoms. The predicted octanol–water partition coefficient (Wildman–Crippen LogP) is 6.77. The molecule has 0 radical (unpaired) electrons. The highest BCUT2D eigenvalue weighted by molar-refractivity contribution is 6.36. The Bertz CT molecular complexity index is 1730. The fourth-order valence-electron chi connectivity index (χ4n) is 7.16. The number of carbonyl (C=O) groups is 1. The van der Waals surface area contributed by atoms with Gasteiger partial charge in [-0.25, -0.2) is 4.98 Å². The number of fused-ring (bicyclic) bond motifs is 1. The number of aromatic nitrogens is 1. The predicted molar refractivity (Wildman–Crippen MR) is 178 cm³/mol. The zero-order valence-electron chi connectivity index (χ0n) is 25.3. The van der Waals surface area contributed by atoms with Crippen LogP contribution in [0.4, 0.5) is 5.69 Å². The van der Waals surface area contributed by atoms with Gasteiger partial charge in [0.1, 0.15) is 5.52 Å². The van der Waals surface area contributed by atoms with Crippen molar-refractivity contribution in [1.29, 1.82) is 0 Å². The maximum absolute atomic E-state index is 11.4. The molecule has 3 aliphatic rings. The van der Waals surface area contributed by atoms with Gasteiger partial charge < -0.3 is 24.8 Å². The largest absolute Gasteiger partial charge is 0.481 e. The van der Waals surface area contributed by atoms with E-state index in [0.29, 0.717) is 53.6 Å². The van der Waals surface area contributed by atoms with E-state index in [1.165, 1.54) is 0 Å². The molecule has 7 rings (SSSR count). The number of likely N-dealkylation sites (tertiary alicyclic amines) is 1. The van der Waals surface area contributed by atoms with E-state index in [2.05, 4.69) is 46.3 Å². The minimum absolute atomic E-state index is 0.138. The highest BCUT2D eigenvalue weighted by Crippen LogP contribution is 2.41. The third-order valence-electron chi connectivity index (χ3n) is 9.79. The zero-order chi connectivity index (χ0) is 31.2. The number of benzene rings is 3. The summed E-state index contributed by atoms with van der Waals surface area (Å²) in [6.45, 7) is 5.82. The molecule has 0 unspecified atom stereocenters. The third kappa shape index (κ3) is 6.19. The molecule has 8 nitrogen and oxygen atoms in total. The van der Waals surface area contributed by atoms with Crippen molar-refractivity contribution in [2.24, 2.45) is 5.92 Å². The molecule has 0 spiro atoms. The lowest BCUT2D eigenvalue weighted by Gasteiger charge is -2.40. The number of aliphatic hydroxyl groups is 1. The van der Waals surface area contributed by atoms with Crippen LogP contribution >= 0.6 is 23.2 Å². The number of carboxylic acids is 1. The Labute approximate surface area is 272 Å². The summed E-state index contributed by atoms with van der Waals surface area (Å²) in [5.41, 5.74) is 7.13. The number of piperidine rings is 1. The highest BCUT2D eigenvalue weighted by atomic mass is 35.5. The molecule has 1 aliphatic carbocycles. The number of oxazole rings is 1. The second-order valence-corrected chi connectivity index (χ2v) is 13.7. The monoisotopic (exact) mass is 648 g/mol. The molecule has 1 saturated carbocycles. The smallest absolute Gasteiger partial charge is 0.307 e. The summed E-state index contributed by atoms with van der Waals surface area (Å²) in [5, 5.41) is 23.9. The zero-order valence-corrected chi connectivity index (χ0v) is 26.8.